The van der Waals surface area contributed by atoms with Crippen LogP contribution in [0.5, 0.6) is 0 Å². The molecule has 0 heterocycles. The predicted molar refractivity (Wildman–Crippen MR) is 45.3 cm³/mol. The fourth-order valence-electron chi connectivity index (χ4n) is 0.652. The molecule has 2 nitrogen and oxygen atoms in total. The zero-order valence-electron chi connectivity index (χ0n) is 7.91. The standard InChI is InChI=1S/C8H10N2.Na.H/c1-2-9-10-8-6-4-3-5-7-8;;/h2-7,10H,1H3;;/q;+1;-1/b9-2-;;. The smallest absolute Gasteiger partial charge is 1.00 e. The Kier molecular flexibility index (Phi) is 6.22. The van der Waals surface area contributed by atoms with Gasteiger partial charge in [0, 0.05) is 6.21 Å². The summed E-state index contributed by atoms with van der Waals surface area (Å²) in [6.07, 6.45) is 1.72. The number of nitrogens with one attached hydrogen (secondary N) is 1. The predicted octanol–water partition coefficient (Wildman–Crippen LogP) is -0.779. The van der Waals surface area contributed by atoms with Crippen LogP contribution in [0.1, 0.15) is 8.35 Å². The van der Waals surface area contributed by atoms with Gasteiger partial charge in [-0.05, 0) is 19.1 Å². The van der Waals surface area contributed by atoms with Crippen molar-refractivity contribution in [2.45, 2.75) is 6.92 Å². The summed E-state index contributed by atoms with van der Waals surface area (Å²) in [6, 6.07) is 9.84. The van der Waals surface area contributed by atoms with E-state index in [1.165, 1.54) is 0 Å². The SMILES string of the molecule is C/C=N\Nc1ccccc1.[H-].[Na+]. The minimum Gasteiger partial charge on any atom is -1.00 e. The average Bonchev–Trinajstić information content (AvgIpc) is 2.03. The average molecular weight is 158 g/mol. The van der Waals surface area contributed by atoms with Crippen LogP contribution in [0.2, 0.25) is 0 Å². The molecule has 0 aromatic heterocycles. The van der Waals surface area contributed by atoms with Crippen molar-refractivity contribution in [2.24, 2.45) is 5.10 Å². The van der Waals surface area contributed by atoms with Crippen LogP contribution in [0.15, 0.2) is 35.4 Å². The van der Waals surface area contributed by atoms with E-state index in [1.807, 2.05) is 37.3 Å². The molecule has 0 aliphatic rings. The van der Waals surface area contributed by atoms with Crippen LogP contribution in [-0.4, -0.2) is 6.21 Å². The van der Waals surface area contributed by atoms with Gasteiger partial charge in [0.1, 0.15) is 0 Å². The van der Waals surface area contributed by atoms with Gasteiger partial charge < -0.3 is 1.43 Å². The van der Waals surface area contributed by atoms with E-state index in [0.29, 0.717) is 0 Å². The van der Waals surface area contributed by atoms with E-state index in [0.717, 1.165) is 5.69 Å². The first-order valence-electron chi connectivity index (χ1n) is 3.22. The van der Waals surface area contributed by atoms with Gasteiger partial charge in [0.25, 0.3) is 0 Å². The van der Waals surface area contributed by atoms with Crippen molar-refractivity contribution >= 4 is 11.9 Å². The number of hydrogen-bond donors (Lipinski definition) is 1. The van der Waals surface area contributed by atoms with Crippen molar-refractivity contribution in [1.82, 2.24) is 0 Å². The molecule has 0 bridgehead atoms. The maximum atomic E-state index is 3.87. The molecular formula is C8H11N2Na. The third-order valence-electron chi connectivity index (χ3n) is 1.10. The Hall–Kier alpha value is -0.310. The summed E-state index contributed by atoms with van der Waals surface area (Å²) in [5.41, 5.74) is 3.88. The van der Waals surface area contributed by atoms with Gasteiger partial charge in [-0.3, -0.25) is 5.43 Å². The maximum absolute atomic E-state index is 3.87. The minimum atomic E-state index is 0. The van der Waals surface area contributed by atoms with Crippen LogP contribution in [-0.2, 0) is 0 Å². The molecule has 0 unspecified atom stereocenters. The van der Waals surface area contributed by atoms with Crippen molar-refractivity contribution in [3.63, 3.8) is 0 Å². The van der Waals surface area contributed by atoms with Crippen molar-refractivity contribution < 1.29 is 31.0 Å². The van der Waals surface area contributed by atoms with Gasteiger partial charge in [-0.25, -0.2) is 0 Å². The van der Waals surface area contributed by atoms with Gasteiger partial charge in [-0.1, -0.05) is 18.2 Å². The van der Waals surface area contributed by atoms with Crippen LogP contribution in [0, 0.1) is 0 Å². The zero-order chi connectivity index (χ0) is 7.23. The first-order valence-corrected chi connectivity index (χ1v) is 3.22. The third-order valence-corrected chi connectivity index (χ3v) is 1.10. The molecule has 0 saturated heterocycles. The Balaban J connectivity index is 0. The van der Waals surface area contributed by atoms with E-state index in [1.54, 1.807) is 6.21 Å². The molecule has 1 aromatic rings. The molecule has 54 valence electrons. The van der Waals surface area contributed by atoms with Crippen LogP contribution in [0.3, 0.4) is 0 Å². The molecule has 1 N–H and O–H groups in total. The van der Waals surface area contributed by atoms with Gasteiger partial charge in [-0.2, -0.15) is 5.10 Å². The Morgan fingerprint density at radius 1 is 1.36 bits per heavy atom. The topological polar surface area (TPSA) is 24.4 Å². The van der Waals surface area contributed by atoms with E-state index in [9.17, 15) is 0 Å². The van der Waals surface area contributed by atoms with E-state index < -0.39 is 0 Å². The maximum Gasteiger partial charge on any atom is 1.00 e. The van der Waals surface area contributed by atoms with Gasteiger partial charge in [0.2, 0.25) is 0 Å². The molecule has 0 spiro atoms. The van der Waals surface area contributed by atoms with Crippen LogP contribution < -0.4 is 35.0 Å². The largest absolute Gasteiger partial charge is 1.00 e. The van der Waals surface area contributed by atoms with Gasteiger partial charge in [0.05, 0.1) is 5.69 Å². The van der Waals surface area contributed by atoms with Crippen LogP contribution in [0.25, 0.3) is 0 Å². The summed E-state index contributed by atoms with van der Waals surface area (Å²) in [5, 5.41) is 3.87. The van der Waals surface area contributed by atoms with Crippen molar-refractivity contribution in [3.05, 3.63) is 30.3 Å². The molecule has 0 atom stereocenters. The molecule has 0 amide bonds. The van der Waals surface area contributed by atoms with Crippen molar-refractivity contribution in [3.8, 4) is 0 Å². The molecule has 0 saturated carbocycles. The number of benzene rings is 1. The number of rotatable bonds is 2. The number of hydrogen-bond acceptors (Lipinski definition) is 2. The van der Waals surface area contributed by atoms with Gasteiger partial charge in [0.15, 0.2) is 0 Å². The fraction of sp³-hybridized carbons (Fsp3) is 0.125. The number of nitrogens with zero attached hydrogens (tertiary/aromatic N) is 1. The number of hydrazone groups is 1. The molecule has 3 heteroatoms. The number of para-hydroxylation sites is 1. The first kappa shape index (κ1) is 10.7. The zero-order valence-corrected chi connectivity index (χ0v) is 8.91. The molecule has 0 aliphatic heterocycles. The van der Waals surface area contributed by atoms with Gasteiger partial charge >= 0.3 is 29.6 Å². The Bertz CT molecular complexity index is 214. The molecule has 0 radical (unpaired) electrons. The van der Waals surface area contributed by atoms with E-state index >= 15 is 0 Å². The molecule has 0 fully saturated rings. The van der Waals surface area contributed by atoms with Crippen molar-refractivity contribution in [2.75, 3.05) is 5.43 Å². The van der Waals surface area contributed by atoms with Crippen LogP contribution in [0.4, 0.5) is 5.69 Å². The molecule has 0 aliphatic carbocycles. The fourth-order valence-corrected chi connectivity index (χ4v) is 0.652. The van der Waals surface area contributed by atoms with Crippen LogP contribution >= 0.6 is 0 Å². The summed E-state index contributed by atoms with van der Waals surface area (Å²) >= 11 is 0. The summed E-state index contributed by atoms with van der Waals surface area (Å²) in [7, 11) is 0. The van der Waals surface area contributed by atoms with E-state index in [-0.39, 0.29) is 31.0 Å². The Morgan fingerprint density at radius 3 is 2.55 bits per heavy atom. The first-order chi connectivity index (χ1) is 4.93. The number of anilines is 1. The third kappa shape index (κ3) is 4.19. The summed E-state index contributed by atoms with van der Waals surface area (Å²) in [4.78, 5) is 0. The quantitative estimate of drug-likeness (QED) is 0.341. The van der Waals surface area contributed by atoms with E-state index in [4.69, 9.17) is 0 Å². The second-order valence-corrected chi connectivity index (χ2v) is 1.87. The molecule has 1 aromatic carbocycles. The second-order valence-electron chi connectivity index (χ2n) is 1.87. The molecular weight excluding hydrogens is 147 g/mol. The monoisotopic (exact) mass is 158 g/mol. The van der Waals surface area contributed by atoms with Gasteiger partial charge in [-0.15, -0.1) is 0 Å². The summed E-state index contributed by atoms with van der Waals surface area (Å²) in [5.74, 6) is 0. The second kappa shape index (κ2) is 6.40. The summed E-state index contributed by atoms with van der Waals surface area (Å²) in [6.45, 7) is 1.87. The summed E-state index contributed by atoms with van der Waals surface area (Å²) < 4.78 is 0. The minimum absolute atomic E-state index is 0. The molecule has 11 heavy (non-hydrogen) atoms. The Labute approximate surface area is 90.5 Å². The molecule has 1 rings (SSSR count). The van der Waals surface area contributed by atoms with Crippen molar-refractivity contribution in [1.29, 1.82) is 0 Å². The Morgan fingerprint density at radius 2 is 2.00 bits per heavy atom. The van der Waals surface area contributed by atoms with E-state index in [2.05, 4.69) is 10.5 Å². The normalized spacial score (nSPS) is 9.18.